The first kappa shape index (κ1) is 38.8. The van der Waals surface area contributed by atoms with Crippen LogP contribution in [0.5, 0.6) is 0 Å². The first-order valence-electron chi connectivity index (χ1n) is 22.8. The predicted molar refractivity (Wildman–Crippen MR) is 245 cm³/mol. The van der Waals surface area contributed by atoms with E-state index in [0.717, 1.165) is 74.5 Å². The van der Waals surface area contributed by atoms with E-state index in [1.54, 1.807) is 0 Å². The smallest absolute Gasteiger partial charge is 0.164 e. The van der Waals surface area contributed by atoms with Crippen molar-refractivity contribution < 1.29 is 0 Å². The van der Waals surface area contributed by atoms with Gasteiger partial charge in [-0.2, -0.15) is 5.26 Å². The number of hydrogen-bond donors (Lipinski definition) is 0. The summed E-state index contributed by atoms with van der Waals surface area (Å²) in [6.45, 7) is 9.86. The highest BCUT2D eigenvalue weighted by Crippen LogP contribution is 2.55. The zero-order valence-electron chi connectivity index (χ0n) is 35.9. The Hall–Kier alpha value is -5.40. The van der Waals surface area contributed by atoms with Gasteiger partial charge in [-0.1, -0.05) is 131 Å². The molecule has 0 saturated heterocycles. The molecule has 1 aromatic heterocycles. The Labute approximate surface area is 357 Å². The first-order chi connectivity index (χ1) is 29.1. The fourth-order valence-electron chi connectivity index (χ4n) is 13.3. The van der Waals surface area contributed by atoms with E-state index in [9.17, 15) is 5.26 Å². The lowest BCUT2D eigenvalue weighted by Crippen LogP contribution is -2.42. The van der Waals surface area contributed by atoms with Crippen molar-refractivity contribution in [3.05, 3.63) is 138 Å². The molecule has 4 nitrogen and oxygen atoms in total. The molecule has 1 heterocycles. The van der Waals surface area contributed by atoms with Crippen LogP contribution in [0, 0.1) is 46.8 Å². The van der Waals surface area contributed by atoms with Gasteiger partial charge in [0.2, 0.25) is 0 Å². The summed E-state index contributed by atoms with van der Waals surface area (Å²) >= 11 is 0. The quantitative estimate of drug-likeness (QED) is 0.162. The Kier molecular flexibility index (Phi) is 10.1. The Morgan fingerprint density at radius 2 is 0.833 bits per heavy atom. The van der Waals surface area contributed by atoms with Crippen LogP contribution in [0.2, 0.25) is 0 Å². The Bertz CT molecular complexity index is 2390. The average molecular weight is 787 g/mol. The molecule has 0 amide bonds. The third kappa shape index (κ3) is 7.40. The van der Waals surface area contributed by atoms with Crippen molar-refractivity contribution >= 4 is 0 Å². The van der Waals surface area contributed by atoms with Crippen LogP contribution < -0.4 is 0 Å². The molecule has 0 N–H and O–H groups in total. The van der Waals surface area contributed by atoms with Crippen molar-refractivity contribution in [1.29, 1.82) is 5.26 Å². The van der Waals surface area contributed by atoms with Crippen LogP contribution in [0.25, 0.3) is 56.4 Å². The maximum absolute atomic E-state index is 9.49. The molecule has 0 spiro atoms. The second kappa shape index (κ2) is 15.6. The number of aromatic nitrogens is 3. The van der Waals surface area contributed by atoms with E-state index in [-0.39, 0.29) is 10.8 Å². The Balaban J connectivity index is 1.07. The Morgan fingerprint density at radius 3 is 1.28 bits per heavy atom. The minimum absolute atomic E-state index is 0.270. The molecule has 4 fully saturated rings. The molecule has 4 unspecified atom stereocenters. The summed E-state index contributed by atoms with van der Waals surface area (Å²) < 4.78 is 0. The van der Waals surface area contributed by atoms with Crippen molar-refractivity contribution in [1.82, 2.24) is 15.0 Å². The molecule has 0 aliphatic heterocycles. The van der Waals surface area contributed by atoms with E-state index in [1.165, 1.54) is 75.3 Å². The third-order valence-electron chi connectivity index (χ3n) is 15.1. The van der Waals surface area contributed by atoms with Gasteiger partial charge < -0.3 is 0 Å². The highest BCUT2D eigenvalue weighted by molar-refractivity contribution is 5.86. The first-order valence-corrected chi connectivity index (χ1v) is 22.8. The summed E-state index contributed by atoms with van der Waals surface area (Å²) in [4.78, 5) is 15.8. The fourth-order valence-corrected chi connectivity index (χ4v) is 13.3. The highest BCUT2D eigenvalue weighted by Gasteiger charge is 2.46. The highest BCUT2D eigenvalue weighted by atomic mass is 15.0. The molecular weight excluding hydrogens is 729 g/mol. The van der Waals surface area contributed by atoms with Gasteiger partial charge in [0.1, 0.15) is 0 Å². The van der Waals surface area contributed by atoms with Gasteiger partial charge in [-0.05, 0) is 162 Å². The minimum atomic E-state index is 0.270. The molecule has 4 saturated carbocycles. The number of hydrogen-bond acceptors (Lipinski definition) is 4. The monoisotopic (exact) mass is 786 g/mol. The largest absolute Gasteiger partial charge is 0.208 e. The number of fused-ring (bicyclic) bond motifs is 4. The van der Waals surface area contributed by atoms with Crippen LogP contribution in [-0.2, 0) is 10.8 Å². The minimum Gasteiger partial charge on any atom is -0.208 e. The summed E-state index contributed by atoms with van der Waals surface area (Å²) in [7, 11) is 0. The lowest BCUT2D eigenvalue weighted by Gasteiger charge is -2.50. The molecule has 0 radical (unpaired) electrons. The van der Waals surface area contributed by atoms with Gasteiger partial charge in [-0.15, -0.1) is 0 Å². The van der Waals surface area contributed by atoms with Crippen LogP contribution in [-0.4, -0.2) is 15.0 Å². The zero-order valence-corrected chi connectivity index (χ0v) is 35.9. The lowest BCUT2D eigenvalue weighted by molar-refractivity contribution is 0.0779. The second-order valence-electron chi connectivity index (χ2n) is 20.2. The standard InChI is InChI=1S/C56H58N4/c1-36-24-41-25-37(2)30-55(29-36,33-41)48-19-14-45(15-20-48)52-58-53(46-16-21-49(22-17-46)56-31-38(3)26-42(34-56)27-39(4)32-56)60-54(59-52)47-18-23-50(44-12-10-40(35-57)11-13-44)51(28-47)43-8-6-5-7-9-43/h5-23,28,36-39,41-42H,24-27,29-34H2,1-4H3/t36-,37+,38-,39+,41?,42?,55?,56?. The van der Waals surface area contributed by atoms with Gasteiger partial charge in [-0.3, -0.25) is 0 Å². The normalized spacial score (nSPS) is 28.4. The van der Waals surface area contributed by atoms with Gasteiger partial charge in [0, 0.05) is 16.7 Å². The van der Waals surface area contributed by atoms with E-state index in [2.05, 4.69) is 131 Å². The molecule has 302 valence electrons. The summed E-state index contributed by atoms with van der Waals surface area (Å²) in [5.41, 5.74) is 11.5. The van der Waals surface area contributed by atoms with Crippen molar-refractivity contribution in [3.8, 4) is 62.5 Å². The van der Waals surface area contributed by atoms with E-state index in [1.807, 2.05) is 24.3 Å². The summed E-state index contributed by atoms with van der Waals surface area (Å²) in [6.07, 6.45) is 13.3. The lowest BCUT2D eigenvalue weighted by atomic mass is 9.54. The van der Waals surface area contributed by atoms with Crippen LogP contribution in [0.4, 0.5) is 0 Å². The van der Waals surface area contributed by atoms with Gasteiger partial charge in [0.05, 0.1) is 11.6 Å². The Morgan fingerprint density at radius 1 is 0.433 bits per heavy atom. The van der Waals surface area contributed by atoms with Crippen LogP contribution in [0.15, 0.2) is 121 Å². The molecule has 4 aliphatic rings. The molecule has 5 aromatic carbocycles. The summed E-state index contributed by atoms with van der Waals surface area (Å²) in [6, 6.07) is 45.9. The van der Waals surface area contributed by atoms with E-state index >= 15 is 0 Å². The molecule has 8 atom stereocenters. The molecule has 4 bridgehead atoms. The van der Waals surface area contributed by atoms with Crippen molar-refractivity contribution in [2.75, 3.05) is 0 Å². The third-order valence-corrected chi connectivity index (χ3v) is 15.1. The summed E-state index contributed by atoms with van der Waals surface area (Å²) in [5, 5.41) is 9.49. The SMILES string of the molecule is C[C@@H]1CC2C[C@H](C)CC(c3ccc(-c4nc(-c5ccc(C67CC(C[C@@H](C)C6)C[C@H](C)C7)cc5)nc(-c5ccc(-c6ccc(C#N)cc6)c(-c6ccccc6)c5)n4)cc3)(C2)C1. The maximum atomic E-state index is 9.49. The maximum Gasteiger partial charge on any atom is 0.164 e. The predicted octanol–water partition coefficient (Wildman–Crippen LogP) is 14.3. The van der Waals surface area contributed by atoms with Gasteiger partial charge in [0.25, 0.3) is 0 Å². The topological polar surface area (TPSA) is 62.5 Å². The number of nitrogens with zero attached hydrogens (tertiary/aromatic N) is 4. The van der Waals surface area contributed by atoms with Crippen molar-refractivity contribution in [2.24, 2.45) is 35.5 Å². The number of rotatable bonds is 7. The van der Waals surface area contributed by atoms with Gasteiger partial charge >= 0.3 is 0 Å². The summed E-state index contributed by atoms with van der Waals surface area (Å²) in [5.74, 6) is 6.82. The second-order valence-corrected chi connectivity index (χ2v) is 20.2. The van der Waals surface area contributed by atoms with Crippen LogP contribution in [0.3, 0.4) is 0 Å². The van der Waals surface area contributed by atoms with Crippen molar-refractivity contribution in [2.45, 2.75) is 103 Å². The molecular formula is C56H58N4. The molecule has 4 heteroatoms. The van der Waals surface area contributed by atoms with Crippen LogP contribution in [0.1, 0.15) is 109 Å². The van der Waals surface area contributed by atoms with E-state index in [4.69, 9.17) is 15.0 Å². The average Bonchev–Trinajstić information content (AvgIpc) is 3.25. The molecule has 60 heavy (non-hydrogen) atoms. The zero-order chi connectivity index (χ0) is 41.0. The molecule has 6 aromatic rings. The van der Waals surface area contributed by atoms with E-state index < -0.39 is 0 Å². The fraction of sp³-hybridized carbons (Fsp3) is 0.393. The van der Waals surface area contributed by atoms with Crippen molar-refractivity contribution in [3.63, 3.8) is 0 Å². The molecule has 4 aliphatic carbocycles. The number of nitriles is 1. The van der Waals surface area contributed by atoms with Crippen LogP contribution >= 0.6 is 0 Å². The van der Waals surface area contributed by atoms with E-state index in [0.29, 0.717) is 23.0 Å². The number of benzene rings is 5. The van der Waals surface area contributed by atoms with Gasteiger partial charge in [-0.25, -0.2) is 15.0 Å². The molecule has 10 rings (SSSR count). The van der Waals surface area contributed by atoms with Gasteiger partial charge in [0.15, 0.2) is 17.5 Å².